The number of aliphatic hydroxyl groups is 1. The van der Waals surface area contributed by atoms with Crippen molar-refractivity contribution in [2.75, 3.05) is 13.7 Å². The Morgan fingerprint density at radius 1 is 1.10 bits per heavy atom. The fourth-order valence-electron chi connectivity index (χ4n) is 2.44. The van der Waals surface area contributed by atoms with E-state index in [2.05, 4.69) is 4.98 Å². The first kappa shape index (κ1) is 12.7. The monoisotopic (exact) mass is 268 g/mol. The number of hydrogen-bond acceptors (Lipinski definition) is 3. The molecule has 0 unspecified atom stereocenters. The zero-order chi connectivity index (χ0) is 13.9. The number of ether oxygens (including phenoxy) is 1. The van der Waals surface area contributed by atoms with Crippen LogP contribution >= 0.6 is 0 Å². The van der Waals surface area contributed by atoms with Gasteiger partial charge in [0, 0.05) is 6.54 Å². The van der Waals surface area contributed by atoms with Crippen molar-refractivity contribution in [3.05, 3.63) is 48.5 Å². The SMILES string of the molecule is COc1ccccc1-c1nc2ccccc2n1CCO. The molecule has 0 radical (unpaired) electrons. The molecular formula is C16H16N2O2. The first-order valence-electron chi connectivity index (χ1n) is 6.54. The van der Waals surface area contributed by atoms with Gasteiger partial charge in [-0.3, -0.25) is 0 Å². The standard InChI is InChI=1S/C16H16N2O2/c1-20-15-9-5-2-6-12(15)16-17-13-7-3-4-8-14(13)18(16)10-11-19/h2-9,19H,10-11H2,1H3. The second-order valence-corrected chi connectivity index (χ2v) is 4.50. The highest BCUT2D eigenvalue weighted by molar-refractivity contribution is 5.81. The van der Waals surface area contributed by atoms with Crippen molar-refractivity contribution in [1.82, 2.24) is 9.55 Å². The minimum absolute atomic E-state index is 0.0719. The zero-order valence-corrected chi connectivity index (χ0v) is 11.3. The van der Waals surface area contributed by atoms with Crippen molar-refractivity contribution in [3.8, 4) is 17.1 Å². The minimum Gasteiger partial charge on any atom is -0.496 e. The van der Waals surface area contributed by atoms with E-state index < -0.39 is 0 Å². The predicted molar refractivity (Wildman–Crippen MR) is 78.8 cm³/mol. The maximum Gasteiger partial charge on any atom is 0.144 e. The van der Waals surface area contributed by atoms with E-state index in [0.717, 1.165) is 28.2 Å². The van der Waals surface area contributed by atoms with Crippen molar-refractivity contribution in [3.63, 3.8) is 0 Å². The van der Waals surface area contributed by atoms with Gasteiger partial charge < -0.3 is 14.4 Å². The Kier molecular flexibility index (Phi) is 3.39. The molecule has 1 N–H and O–H groups in total. The van der Waals surface area contributed by atoms with Crippen LogP contribution in [0.4, 0.5) is 0 Å². The third-order valence-corrected chi connectivity index (χ3v) is 3.33. The smallest absolute Gasteiger partial charge is 0.144 e. The number of methoxy groups -OCH3 is 1. The molecule has 3 rings (SSSR count). The van der Waals surface area contributed by atoms with Gasteiger partial charge in [0.05, 0.1) is 30.3 Å². The molecule has 0 amide bonds. The summed E-state index contributed by atoms with van der Waals surface area (Å²) in [6, 6.07) is 15.7. The number of hydrogen-bond donors (Lipinski definition) is 1. The molecule has 0 saturated carbocycles. The van der Waals surface area contributed by atoms with Crippen LogP contribution in [0.25, 0.3) is 22.4 Å². The van der Waals surface area contributed by atoms with Gasteiger partial charge >= 0.3 is 0 Å². The van der Waals surface area contributed by atoms with Crippen LogP contribution in [0.15, 0.2) is 48.5 Å². The maximum absolute atomic E-state index is 9.32. The fraction of sp³-hybridized carbons (Fsp3) is 0.188. The first-order chi connectivity index (χ1) is 9.85. The molecular weight excluding hydrogens is 252 g/mol. The molecule has 0 fully saturated rings. The van der Waals surface area contributed by atoms with Crippen molar-refractivity contribution in [2.24, 2.45) is 0 Å². The summed E-state index contributed by atoms with van der Waals surface area (Å²) in [6.45, 7) is 0.580. The summed E-state index contributed by atoms with van der Waals surface area (Å²) >= 11 is 0. The van der Waals surface area contributed by atoms with Gasteiger partial charge in [-0.15, -0.1) is 0 Å². The van der Waals surface area contributed by atoms with E-state index in [1.807, 2.05) is 53.1 Å². The van der Waals surface area contributed by atoms with Crippen LogP contribution in [-0.4, -0.2) is 28.4 Å². The molecule has 3 aromatic rings. The molecule has 20 heavy (non-hydrogen) atoms. The van der Waals surface area contributed by atoms with Gasteiger partial charge in [-0.1, -0.05) is 24.3 Å². The Bertz CT molecular complexity index is 734. The van der Waals surface area contributed by atoms with Gasteiger partial charge in [0.25, 0.3) is 0 Å². The molecule has 4 nitrogen and oxygen atoms in total. The third kappa shape index (κ3) is 2.04. The van der Waals surface area contributed by atoms with Gasteiger partial charge in [-0.25, -0.2) is 4.98 Å². The Balaban J connectivity index is 2.27. The average Bonchev–Trinajstić information content (AvgIpc) is 2.86. The fourth-order valence-corrected chi connectivity index (χ4v) is 2.44. The third-order valence-electron chi connectivity index (χ3n) is 3.33. The van der Waals surface area contributed by atoms with Crippen molar-refractivity contribution < 1.29 is 9.84 Å². The van der Waals surface area contributed by atoms with E-state index in [1.165, 1.54) is 0 Å². The van der Waals surface area contributed by atoms with E-state index in [0.29, 0.717) is 6.54 Å². The molecule has 102 valence electrons. The summed E-state index contributed by atoms with van der Waals surface area (Å²) in [4.78, 5) is 4.68. The largest absolute Gasteiger partial charge is 0.496 e. The molecule has 1 heterocycles. The lowest BCUT2D eigenvalue weighted by atomic mass is 10.2. The number of para-hydroxylation sites is 3. The van der Waals surface area contributed by atoms with E-state index in [1.54, 1.807) is 7.11 Å². The van der Waals surface area contributed by atoms with E-state index in [-0.39, 0.29) is 6.61 Å². The molecule has 4 heteroatoms. The lowest BCUT2D eigenvalue weighted by molar-refractivity contribution is 0.278. The van der Waals surface area contributed by atoms with Crippen LogP contribution in [0.2, 0.25) is 0 Å². The lowest BCUT2D eigenvalue weighted by Gasteiger charge is -2.10. The molecule has 0 aliphatic carbocycles. The van der Waals surface area contributed by atoms with Crippen molar-refractivity contribution in [2.45, 2.75) is 6.54 Å². The van der Waals surface area contributed by atoms with Crippen molar-refractivity contribution in [1.29, 1.82) is 0 Å². The number of aromatic nitrogens is 2. The molecule has 0 atom stereocenters. The Morgan fingerprint density at radius 2 is 1.85 bits per heavy atom. The second kappa shape index (κ2) is 5.35. The van der Waals surface area contributed by atoms with Crippen LogP contribution in [-0.2, 0) is 6.54 Å². The van der Waals surface area contributed by atoms with Gasteiger partial charge in [0.1, 0.15) is 11.6 Å². The number of benzene rings is 2. The van der Waals surface area contributed by atoms with Gasteiger partial charge in [-0.05, 0) is 24.3 Å². The summed E-state index contributed by atoms with van der Waals surface area (Å²) in [5.41, 5.74) is 2.86. The summed E-state index contributed by atoms with van der Waals surface area (Å²) < 4.78 is 7.43. The van der Waals surface area contributed by atoms with Crippen LogP contribution in [0.1, 0.15) is 0 Å². The highest BCUT2D eigenvalue weighted by Crippen LogP contribution is 2.31. The highest BCUT2D eigenvalue weighted by Gasteiger charge is 2.15. The van der Waals surface area contributed by atoms with Gasteiger partial charge in [-0.2, -0.15) is 0 Å². The van der Waals surface area contributed by atoms with Gasteiger partial charge in [0.15, 0.2) is 0 Å². The number of imidazole rings is 1. The number of nitrogens with zero attached hydrogens (tertiary/aromatic N) is 2. The lowest BCUT2D eigenvalue weighted by Crippen LogP contribution is -2.04. The second-order valence-electron chi connectivity index (χ2n) is 4.50. The van der Waals surface area contributed by atoms with E-state index >= 15 is 0 Å². The quantitative estimate of drug-likeness (QED) is 0.791. The Morgan fingerprint density at radius 3 is 2.65 bits per heavy atom. The molecule has 0 saturated heterocycles. The summed E-state index contributed by atoms with van der Waals surface area (Å²) in [5, 5.41) is 9.32. The highest BCUT2D eigenvalue weighted by atomic mass is 16.5. The van der Waals surface area contributed by atoms with E-state index in [4.69, 9.17) is 4.74 Å². The van der Waals surface area contributed by atoms with Crippen molar-refractivity contribution >= 4 is 11.0 Å². The van der Waals surface area contributed by atoms with Crippen LogP contribution in [0.5, 0.6) is 5.75 Å². The van der Waals surface area contributed by atoms with E-state index in [9.17, 15) is 5.11 Å². The molecule has 2 aromatic carbocycles. The Hall–Kier alpha value is -2.33. The number of aliphatic hydroxyl groups excluding tert-OH is 1. The minimum atomic E-state index is 0.0719. The van der Waals surface area contributed by atoms with Crippen LogP contribution in [0, 0.1) is 0 Å². The summed E-state index contributed by atoms with van der Waals surface area (Å²) in [7, 11) is 1.65. The first-order valence-corrected chi connectivity index (χ1v) is 6.54. The Labute approximate surface area is 117 Å². The number of rotatable bonds is 4. The zero-order valence-electron chi connectivity index (χ0n) is 11.3. The van der Waals surface area contributed by atoms with Crippen LogP contribution in [0.3, 0.4) is 0 Å². The topological polar surface area (TPSA) is 47.3 Å². The molecule has 0 spiro atoms. The average molecular weight is 268 g/mol. The molecule has 0 aliphatic rings. The normalized spacial score (nSPS) is 10.9. The summed E-state index contributed by atoms with van der Waals surface area (Å²) in [5.74, 6) is 1.60. The summed E-state index contributed by atoms with van der Waals surface area (Å²) in [6.07, 6.45) is 0. The number of fused-ring (bicyclic) bond motifs is 1. The predicted octanol–water partition coefficient (Wildman–Crippen LogP) is 2.70. The maximum atomic E-state index is 9.32. The molecule has 0 aliphatic heterocycles. The van der Waals surface area contributed by atoms with Gasteiger partial charge in [0.2, 0.25) is 0 Å². The molecule has 1 aromatic heterocycles. The van der Waals surface area contributed by atoms with Crippen LogP contribution < -0.4 is 4.74 Å². The molecule has 0 bridgehead atoms.